The summed E-state index contributed by atoms with van der Waals surface area (Å²) in [5, 5.41) is 0. The maximum atomic E-state index is 5.83. The Kier molecular flexibility index (Phi) is 3.97. The number of likely N-dealkylation sites (N-methyl/N-ethyl adjacent to an activating group) is 1. The number of nitrogens with two attached hydrogens (primary N) is 1. The molecule has 0 aromatic heterocycles. The van der Waals surface area contributed by atoms with Gasteiger partial charge in [-0.05, 0) is 25.8 Å². The Bertz CT molecular complexity index is 194. The van der Waals surface area contributed by atoms with E-state index in [2.05, 4.69) is 17.4 Å². The molecule has 3 N–H and O–H groups in total. The van der Waals surface area contributed by atoms with Crippen LogP contribution in [0.2, 0.25) is 0 Å². The van der Waals surface area contributed by atoms with Crippen molar-refractivity contribution in [3.8, 4) is 0 Å². The van der Waals surface area contributed by atoms with Crippen LogP contribution in [0.1, 0.15) is 25.7 Å². The van der Waals surface area contributed by atoms with E-state index < -0.39 is 0 Å². The van der Waals surface area contributed by atoms with Gasteiger partial charge in [0, 0.05) is 13.1 Å². The maximum Gasteiger partial charge on any atom is 0.0871 e. The molecule has 0 amide bonds. The van der Waals surface area contributed by atoms with Crippen LogP contribution in [0.4, 0.5) is 0 Å². The van der Waals surface area contributed by atoms with Gasteiger partial charge in [0.1, 0.15) is 0 Å². The highest BCUT2D eigenvalue weighted by Crippen LogP contribution is 2.30. The monoisotopic (exact) mass is 213 g/mol. The fraction of sp³-hybridized carbons (Fsp3) is 1.00. The van der Waals surface area contributed by atoms with E-state index in [-0.39, 0.29) is 6.10 Å². The summed E-state index contributed by atoms with van der Waals surface area (Å²) in [5.41, 5.74) is 2.98. The molecule has 15 heavy (non-hydrogen) atoms. The summed E-state index contributed by atoms with van der Waals surface area (Å²) in [7, 11) is 2.15. The lowest BCUT2D eigenvalue weighted by atomic mass is 9.93. The van der Waals surface area contributed by atoms with Crippen molar-refractivity contribution in [2.24, 2.45) is 11.8 Å². The van der Waals surface area contributed by atoms with E-state index >= 15 is 0 Å². The van der Waals surface area contributed by atoms with E-state index in [4.69, 9.17) is 10.6 Å². The molecule has 0 aromatic carbocycles. The third-order valence-corrected chi connectivity index (χ3v) is 3.80. The molecule has 0 radical (unpaired) electrons. The zero-order valence-corrected chi connectivity index (χ0v) is 9.61. The number of ether oxygens (including phenoxy) is 1. The van der Waals surface area contributed by atoms with Crippen LogP contribution in [0.5, 0.6) is 0 Å². The van der Waals surface area contributed by atoms with Crippen LogP contribution in [0.3, 0.4) is 0 Å². The standard InChI is InChI=1S/C11H23N3O/c1-14-6-7-15-10(8-14)11(13-12)9-4-2-3-5-9/h9-11,13H,2-8,12H2,1H3. The molecule has 1 aliphatic heterocycles. The first-order valence-electron chi connectivity index (χ1n) is 6.07. The third kappa shape index (κ3) is 2.69. The van der Waals surface area contributed by atoms with Gasteiger partial charge in [0.15, 0.2) is 0 Å². The molecule has 1 saturated heterocycles. The topological polar surface area (TPSA) is 50.5 Å². The van der Waals surface area contributed by atoms with Gasteiger partial charge in [0.05, 0.1) is 18.8 Å². The van der Waals surface area contributed by atoms with Crippen molar-refractivity contribution < 1.29 is 4.74 Å². The second-order valence-corrected chi connectivity index (χ2v) is 4.91. The van der Waals surface area contributed by atoms with Gasteiger partial charge in [-0.2, -0.15) is 0 Å². The zero-order chi connectivity index (χ0) is 10.7. The Balaban J connectivity index is 1.92. The van der Waals surface area contributed by atoms with Crippen LogP contribution < -0.4 is 11.3 Å². The third-order valence-electron chi connectivity index (χ3n) is 3.80. The molecule has 1 saturated carbocycles. The largest absolute Gasteiger partial charge is 0.374 e. The fourth-order valence-corrected chi connectivity index (χ4v) is 2.89. The highest BCUT2D eigenvalue weighted by molar-refractivity contribution is 4.88. The summed E-state index contributed by atoms with van der Waals surface area (Å²) < 4.78 is 5.83. The minimum absolute atomic E-state index is 0.275. The fourth-order valence-electron chi connectivity index (χ4n) is 2.89. The number of nitrogens with zero attached hydrogens (tertiary/aromatic N) is 1. The van der Waals surface area contributed by atoms with Crippen molar-refractivity contribution >= 4 is 0 Å². The average Bonchev–Trinajstić information content (AvgIpc) is 2.72. The van der Waals surface area contributed by atoms with Gasteiger partial charge >= 0.3 is 0 Å². The van der Waals surface area contributed by atoms with Crippen LogP contribution in [-0.4, -0.2) is 43.8 Å². The van der Waals surface area contributed by atoms with Gasteiger partial charge in [-0.15, -0.1) is 0 Å². The van der Waals surface area contributed by atoms with E-state index in [9.17, 15) is 0 Å². The quantitative estimate of drug-likeness (QED) is 0.524. The average molecular weight is 213 g/mol. The van der Waals surface area contributed by atoms with Crippen molar-refractivity contribution in [3.63, 3.8) is 0 Å². The molecule has 1 heterocycles. The summed E-state index contributed by atoms with van der Waals surface area (Å²) in [6, 6.07) is 0.343. The Labute approximate surface area is 92.1 Å². The van der Waals surface area contributed by atoms with Crippen molar-refractivity contribution in [3.05, 3.63) is 0 Å². The Morgan fingerprint density at radius 3 is 2.73 bits per heavy atom. The van der Waals surface area contributed by atoms with Gasteiger partial charge in [-0.3, -0.25) is 11.3 Å². The highest BCUT2D eigenvalue weighted by atomic mass is 16.5. The van der Waals surface area contributed by atoms with Gasteiger partial charge in [0.2, 0.25) is 0 Å². The van der Waals surface area contributed by atoms with E-state index in [1.807, 2.05) is 0 Å². The van der Waals surface area contributed by atoms with E-state index in [1.54, 1.807) is 0 Å². The zero-order valence-electron chi connectivity index (χ0n) is 9.61. The molecule has 0 aromatic rings. The molecular formula is C11H23N3O. The molecular weight excluding hydrogens is 190 g/mol. The summed E-state index contributed by atoms with van der Waals surface area (Å²) in [6.45, 7) is 2.88. The maximum absolute atomic E-state index is 5.83. The molecule has 2 fully saturated rings. The predicted octanol–water partition coefficient (Wildman–Crippen LogP) is 0.339. The molecule has 4 heteroatoms. The van der Waals surface area contributed by atoms with Crippen molar-refractivity contribution in [1.82, 2.24) is 10.3 Å². The molecule has 2 aliphatic rings. The number of hydrogen-bond donors (Lipinski definition) is 2. The number of hydrazine groups is 1. The van der Waals surface area contributed by atoms with E-state index in [0.29, 0.717) is 12.0 Å². The first-order chi connectivity index (χ1) is 7.31. The normalized spacial score (nSPS) is 32.0. The summed E-state index contributed by atoms with van der Waals surface area (Å²) in [6.07, 6.45) is 5.59. The second-order valence-electron chi connectivity index (χ2n) is 4.91. The van der Waals surface area contributed by atoms with Crippen LogP contribution in [0.15, 0.2) is 0 Å². The predicted molar refractivity (Wildman–Crippen MR) is 60.3 cm³/mol. The minimum Gasteiger partial charge on any atom is -0.374 e. The van der Waals surface area contributed by atoms with Crippen LogP contribution in [0, 0.1) is 5.92 Å². The molecule has 2 rings (SSSR count). The van der Waals surface area contributed by atoms with E-state index in [0.717, 1.165) is 19.7 Å². The lowest BCUT2D eigenvalue weighted by Crippen LogP contribution is -2.55. The van der Waals surface area contributed by atoms with Gasteiger partial charge in [-0.25, -0.2) is 0 Å². The molecule has 0 bridgehead atoms. The molecule has 1 aliphatic carbocycles. The summed E-state index contributed by atoms with van der Waals surface area (Å²) >= 11 is 0. The number of morpholine rings is 1. The second kappa shape index (κ2) is 5.25. The molecule has 2 unspecified atom stereocenters. The Hall–Kier alpha value is -0.160. The van der Waals surface area contributed by atoms with Crippen molar-refractivity contribution in [2.75, 3.05) is 26.7 Å². The number of hydrogen-bond acceptors (Lipinski definition) is 4. The summed E-state index contributed by atoms with van der Waals surface area (Å²) in [5.74, 6) is 6.39. The molecule has 2 atom stereocenters. The smallest absolute Gasteiger partial charge is 0.0871 e. The lowest BCUT2D eigenvalue weighted by Gasteiger charge is -2.37. The first kappa shape index (κ1) is 11.3. The highest BCUT2D eigenvalue weighted by Gasteiger charge is 2.33. The Morgan fingerprint density at radius 1 is 1.40 bits per heavy atom. The Morgan fingerprint density at radius 2 is 2.13 bits per heavy atom. The minimum atomic E-state index is 0.275. The molecule has 0 spiro atoms. The van der Waals surface area contributed by atoms with Gasteiger partial charge in [-0.1, -0.05) is 12.8 Å². The first-order valence-corrected chi connectivity index (χ1v) is 6.07. The van der Waals surface area contributed by atoms with Crippen LogP contribution in [0.25, 0.3) is 0 Å². The number of nitrogens with one attached hydrogen (secondary N) is 1. The van der Waals surface area contributed by atoms with Crippen LogP contribution in [-0.2, 0) is 4.74 Å². The van der Waals surface area contributed by atoms with Crippen LogP contribution >= 0.6 is 0 Å². The van der Waals surface area contributed by atoms with Crippen molar-refractivity contribution in [2.45, 2.75) is 37.8 Å². The van der Waals surface area contributed by atoms with E-state index in [1.165, 1.54) is 25.7 Å². The molecule has 88 valence electrons. The van der Waals surface area contributed by atoms with Gasteiger partial charge in [0.25, 0.3) is 0 Å². The summed E-state index contributed by atoms with van der Waals surface area (Å²) in [4.78, 5) is 2.33. The molecule has 4 nitrogen and oxygen atoms in total. The van der Waals surface area contributed by atoms with Gasteiger partial charge < -0.3 is 9.64 Å². The SMILES string of the molecule is CN1CCOC(C(NN)C2CCCC2)C1. The number of rotatable bonds is 3. The lowest BCUT2D eigenvalue weighted by molar-refractivity contribution is -0.0489. The van der Waals surface area contributed by atoms with Crippen molar-refractivity contribution in [1.29, 1.82) is 0 Å².